The Bertz CT molecular complexity index is 1750. The first-order valence-electron chi connectivity index (χ1n) is 14.4. The Morgan fingerprint density at radius 3 is 2.67 bits per heavy atom. The average molecular weight is 570 g/mol. The lowest BCUT2D eigenvalue weighted by Gasteiger charge is -2.25. The van der Waals surface area contributed by atoms with Crippen molar-refractivity contribution < 1.29 is 13.9 Å². The maximum absolute atomic E-state index is 15.8. The molecule has 42 heavy (non-hydrogen) atoms. The number of ether oxygens (including phenoxy) is 1. The van der Waals surface area contributed by atoms with Crippen LogP contribution in [0.1, 0.15) is 71.6 Å². The van der Waals surface area contributed by atoms with E-state index in [-0.39, 0.29) is 17.9 Å². The fraction of sp³-hybridized carbons (Fsp3) is 0.323. The topological polar surface area (TPSA) is 121 Å². The van der Waals surface area contributed by atoms with E-state index >= 15 is 4.39 Å². The van der Waals surface area contributed by atoms with Gasteiger partial charge in [0.25, 0.3) is 11.5 Å². The van der Waals surface area contributed by atoms with Crippen molar-refractivity contribution in [3.8, 4) is 16.8 Å². The molecule has 2 aromatic heterocycles. The van der Waals surface area contributed by atoms with E-state index in [0.29, 0.717) is 47.3 Å². The summed E-state index contributed by atoms with van der Waals surface area (Å²) in [6, 6.07) is 15.7. The molecular weight excluding hydrogens is 537 g/mol. The van der Waals surface area contributed by atoms with Gasteiger partial charge >= 0.3 is 0 Å². The van der Waals surface area contributed by atoms with Gasteiger partial charge in [0.15, 0.2) is 0 Å². The molecule has 1 fully saturated rings. The van der Waals surface area contributed by atoms with Gasteiger partial charge in [0.05, 0.1) is 36.8 Å². The second kappa shape index (κ2) is 10.7. The minimum Gasteiger partial charge on any atom is -0.373 e. The second-order valence-electron chi connectivity index (χ2n) is 11.0. The number of nitrogens with two attached hydrogens (primary N) is 1. The Labute approximate surface area is 241 Å². The number of rotatable bonds is 5. The second-order valence-corrected chi connectivity index (χ2v) is 11.0. The minimum atomic E-state index is -0.613. The standard InChI is InChI=1S/C31H32FN7O3/c32-24-15-20(36-30(40)27-26-17-42-14-13-37(26)39(31(27)41)21-9-5-2-6-10-21)11-12-22(24)23-16-25(19-7-3-1-4-8-19)38-28(23)29(33)34-18-35-38/h2,5-6,9-12,15-16,18-19,29H,1,3-4,7-8,13-14,17,33H2,(H,34,35)(H,36,40). The molecule has 7 rings (SSSR count). The Balaban J connectivity index is 1.22. The van der Waals surface area contributed by atoms with Crippen LogP contribution in [0.3, 0.4) is 0 Å². The molecule has 1 atom stereocenters. The van der Waals surface area contributed by atoms with Gasteiger partial charge in [0.1, 0.15) is 23.9 Å². The zero-order chi connectivity index (χ0) is 28.8. The predicted octanol–water partition coefficient (Wildman–Crippen LogP) is 4.43. The molecule has 1 saturated carbocycles. The molecule has 0 saturated heterocycles. The molecule has 0 spiro atoms. The molecule has 4 aromatic rings. The summed E-state index contributed by atoms with van der Waals surface area (Å²) >= 11 is 0. The van der Waals surface area contributed by atoms with Crippen LogP contribution in [0.5, 0.6) is 0 Å². The van der Waals surface area contributed by atoms with Crippen LogP contribution in [-0.4, -0.2) is 32.9 Å². The summed E-state index contributed by atoms with van der Waals surface area (Å²) in [5, 5.41) is 10.3. The first-order valence-corrected chi connectivity index (χ1v) is 14.4. The minimum absolute atomic E-state index is 0.0171. The summed E-state index contributed by atoms with van der Waals surface area (Å²) in [5.41, 5.74) is 10.1. The van der Waals surface area contributed by atoms with Crippen LogP contribution in [0.4, 0.5) is 10.1 Å². The summed E-state index contributed by atoms with van der Waals surface area (Å²) in [6.07, 6.45) is 6.71. The number of para-hydroxylation sites is 1. The van der Waals surface area contributed by atoms with Crippen molar-refractivity contribution in [3.63, 3.8) is 0 Å². The monoisotopic (exact) mass is 569 g/mol. The first kappa shape index (κ1) is 26.4. The molecule has 2 aromatic carbocycles. The number of fused-ring (bicyclic) bond motifs is 2. The number of nitrogens with one attached hydrogen (secondary N) is 2. The smallest absolute Gasteiger partial charge is 0.284 e. The van der Waals surface area contributed by atoms with Crippen molar-refractivity contribution in [2.24, 2.45) is 10.8 Å². The first-order chi connectivity index (χ1) is 20.5. The van der Waals surface area contributed by atoms with Crippen molar-refractivity contribution >= 4 is 17.9 Å². The van der Waals surface area contributed by atoms with E-state index in [9.17, 15) is 9.59 Å². The predicted molar refractivity (Wildman–Crippen MR) is 157 cm³/mol. The summed E-state index contributed by atoms with van der Waals surface area (Å²) in [7, 11) is 0. The van der Waals surface area contributed by atoms with Gasteiger partial charge in [0, 0.05) is 28.4 Å². The molecule has 11 heteroatoms. The highest BCUT2D eigenvalue weighted by Gasteiger charge is 2.30. The van der Waals surface area contributed by atoms with Gasteiger partial charge in [-0.05, 0) is 49.2 Å². The summed E-state index contributed by atoms with van der Waals surface area (Å²) in [5.74, 6) is -0.785. The van der Waals surface area contributed by atoms with Crippen LogP contribution in [0.2, 0.25) is 0 Å². The van der Waals surface area contributed by atoms with Crippen LogP contribution in [-0.2, 0) is 17.9 Å². The number of benzene rings is 2. The normalized spacial score (nSPS) is 18.3. The van der Waals surface area contributed by atoms with E-state index in [0.717, 1.165) is 31.4 Å². The van der Waals surface area contributed by atoms with E-state index < -0.39 is 23.4 Å². The molecular formula is C31H32FN7O3. The third kappa shape index (κ3) is 4.45. The molecule has 4 N–H and O–H groups in total. The lowest BCUT2D eigenvalue weighted by Crippen LogP contribution is -2.33. The number of hydrogen-bond acceptors (Lipinski definition) is 6. The molecule has 1 aliphatic carbocycles. The van der Waals surface area contributed by atoms with E-state index in [1.165, 1.54) is 17.2 Å². The number of anilines is 1. The van der Waals surface area contributed by atoms with Gasteiger partial charge in [-0.1, -0.05) is 37.5 Å². The largest absolute Gasteiger partial charge is 0.373 e. The lowest BCUT2D eigenvalue weighted by atomic mass is 9.87. The van der Waals surface area contributed by atoms with Crippen LogP contribution < -0.4 is 21.9 Å². The maximum Gasteiger partial charge on any atom is 0.284 e. The zero-order valence-corrected chi connectivity index (χ0v) is 23.1. The number of carbonyl (C=O) groups is 1. The van der Waals surface area contributed by atoms with E-state index in [4.69, 9.17) is 10.5 Å². The van der Waals surface area contributed by atoms with Crippen molar-refractivity contribution in [2.45, 2.75) is 57.3 Å². The third-order valence-corrected chi connectivity index (χ3v) is 8.47. The fourth-order valence-electron chi connectivity index (χ4n) is 6.47. The SMILES string of the molecule is NC1NC=Nn2c(C3CCCCC3)cc(-c3ccc(NC(=O)c4c5n(n(-c6ccccc6)c4=O)CCOC5)cc3F)c21. The Kier molecular flexibility index (Phi) is 6.75. The number of nitrogens with zero attached hydrogens (tertiary/aromatic N) is 4. The molecule has 216 valence electrons. The van der Waals surface area contributed by atoms with Crippen molar-refractivity contribution in [1.29, 1.82) is 0 Å². The van der Waals surface area contributed by atoms with Gasteiger partial charge in [-0.3, -0.25) is 14.3 Å². The summed E-state index contributed by atoms with van der Waals surface area (Å²) < 4.78 is 26.5. The Morgan fingerprint density at radius 1 is 1.07 bits per heavy atom. The summed E-state index contributed by atoms with van der Waals surface area (Å²) in [6.45, 7) is 0.991. The maximum atomic E-state index is 15.8. The zero-order valence-electron chi connectivity index (χ0n) is 23.1. The Hall–Kier alpha value is -4.48. The Morgan fingerprint density at radius 2 is 1.88 bits per heavy atom. The highest BCUT2D eigenvalue weighted by Crippen LogP contribution is 2.40. The van der Waals surface area contributed by atoms with Gasteiger partial charge in [-0.25, -0.2) is 13.7 Å². The number of halogens is 1. The molecule has 1 amide bonds. The van der Waals surface area contributed by atoms with Crippen LogP contribution in [0.15, 0.2) is 64.5 Å². The van der Waals surface area contributed by atoms with Gasteiger partial charge in [0.2, 0.25) is 0 Å². The lowest BCUT2D eigenvalue weighted by molar-refractivity contribution is 0.0756. The molecule has 2 aliphatic heterocycles. The molecule has 0 radical (unpaired) electrons. The quantitative estimate of drug-likeness (QED) is 0.329. The summed E-state index contributed by atoms with van der Waals surface area (Å²) in [4.78, 5) is 27.0. The number of amides is 1. The molecule has 0 bridgehead atoms. The highest BCUT2D eigenvalue weighted by molar-refractivity contribution is 6.05. The third-order valence-electron chi connectivity index (χ3n) is 8.47. The highest BCUT2D eigenvalue weighted by atomic mass is 19.1. The van der Waals surface area contributed by atoms with E-state index in [1.807, 2.05) is 41.1 Å². The number of carbonyl (C=O) groups excluding carboxylic acids is 1. The molecule has 3 aliphatic rings. The molecule has 4 heterocycles. The fourth-order valence-corrected chi connectivity index (χ4v) is 6.47. The van der Waals surface area contributed by atoms with Crippen LogP contribution in [0.25, 0.3) is 16.8 Å². The van der Waals surface area contributed by atoms with Gasteiger partial charge < -0.3 is 21.1 Å². The van der Waals surface area contributed by atoms with Gasteiger partial charge in [-0.15, -0.1) is 0 Å². The van der Waals surface area contributed by atoms with Crippen LogP contribution >= 0.6 is 0 Å². The van der Waals surface area contributed by atoms with Crippen LogP contribution in [0, 0.1) is 5.82 Å². The van der Waals surface area contributed by atoms with Gasteiger partial charge in [-0.2, -0.15) is 5.10 Å². The van der Waals surface area contributed by atoms with E-state index in [1.54, 1.807) is 23.2 Å². The van der Waals surface area contributed by atoms with E-state index in [2.05, 4.69) is 15.7 Å². The molecule has 10 nitrogen and oxygen atoms in total. The number of hydrogen-bond donors (Lipinski definition) is 3. The van der Waals surface area contributed by atoms with Crippen molar-refractivity contribution in [2.75, 3.05) is 11.9 Å². The molecule has 1 unspecified atom stereocenters. The van der Waals surface area contributed by atoms with Crippen molar-refractivity contribution in [1.82, 2.24) is 19.4 Å². The van der Waals surface area contributed by atoms with Crippen molar-refractivity contribution in [3.05, 3.63) is 93.4 Å². The number of aromatic nitrogens is 3. The average Bonchev–Trinajstić information content (AvgIpc) is 3.54.